The predicted molar refractivity (Wildman–Crippen MR) is 138 cm³/mol. The Morgan fingerprint density at radius 1 is 1.11 bits per heavy atom. The van der Waals surface area contributed by atoms with E-state index >= 15 is 0 Å². The van der Waals surface area contributed by atoms with Crippen LogP contribution in [-0.2, 0) is 32.6 Å². The lowest BCUT2D eigenvalue weighted by Crippen LogP contribution is -2.34. The molecule has 0 spiro atoms. The molecule has 4 rings (SSSR count). The van der Waals surface area contributed by atoms with Gasteiger partial charge in [-0.25, -0.2) is 22.7 Å². The molecule has 0 radical (unpaired) electrons. The molecule has 0 aliphatic carbocycles. The monoisotopic (exact) mass is 559 g/mol. The van der Waals surface area contributed by atoms with E-state index in [0.29, 0.717) is 10.0 Å². The molecule has 198 valence electrons. The second-order valence-electron chi connectivity index (χ2n) is 8.14. The highest BCUT2D eigenvalue weighted by molar-refractivity contribution is 7.88. The van der Waals surface area contributed by atoms with Crippen molar-refractivity contribution in [2.45, 2.75) is 32.2 Å². The number of nitrogens with zero attached hydrogens (tertiary/aromatic N) is 4. The van der Waals surface area contributed by atoms with Gasteiger partial charge < -0.3 is 21.7 Å². The van der Waals surface area contributed by atoms with Crippen LogP contribution in [0.4, 0.5) is 5.82 Å². The van der Waals surface area contributed by atoms with E-state index in [9.17, 15) is 22.8 Å². The van der Waals surface area contributed by atoms with Crippen molar-refractivity contribution in [3.63, 3.8) is 0 Å². The van der Waals surface area contributed by atoms with Crippen molar-refractivity contribution in [1.82, 2.24) is 19.2 Å². The lowest BCUT2D eigenvalue weighted by atomic mass is 10.2. The minimum absolute atomic E-state index is 0.230. The van der Waals surface area contributed by atoms with Gasteiger partial charge in [0, 0.05) is 43.7 Å². The Hall–Kier alpha value is -2.65. The first-order valence-corrected chi connectivity index (χ1v) is 14.1. The third-order valence-corrected chi connectivity index (χ3v) is 7.73. The first-order valence-electron chi connectivity index (χ1n) is 11.0. The highest BCUT2D eigenvalue weighted by Crippen LogP contribution is 2.23. The molecule has 2 aliphatic rings. The third-order valence-electron chi connectivity index (χ3n) is 5.11. The van der Waals surface area contributed by atoms with E-state index < -0.39 is 27.7 Å². The molecule has 15 heteroatoms. The lowest BCUT2D eigenvalue weighted by molar-refractivity contribution is -0.134. The molecule has 5 N–H and O–H groups in total. The second kappa shape index (κ2) is 13.6. The molecule has 1 fully saturated rings. The number of rotatable bonds is 3. The number of aromatic nitrogens is 2. The molecular weight excluding hydrogens is 530 g/mol. The second-order valence-corrected chi connectivity index (χ2v) is 11.6. The number of hydrogen-bond donors (Lipinski definition) is 3. The van der Waals surface area contributed by atoms with Gasteiger partial charge in [0.15, 0.2) is 5.01 Å². The number of hydrogen-bond acceptors (Lipinski definition) is 9. The van der Waals surface area contributed by atoms with E-state index in [4.69, 9.17) is 23.1 Å². The summed E-state index contributed by atoms with van der Waals surface area (Å²) < 4.78 is 23.4. The first-order chi connectivity index (χ1) is 16.9. The summed E-state index contributed by atoms with van der Waals surface area (Å²) in [5.41, 5.74) is 10.9. The summed E-state index contributed by atoms with van der Waals surface area (Å²) >= 11 is 6.96. The van der Waals surface area contributed by atoms with Gasteiger partial charge in [0.25, 0.3) is 5.91 Å². The molecule has 12 nitrogen and oxygen atoms in total. The van der Waals surface area contributed by atoms with E-state index in [1.165, 1.54) is 47.2 Å². The number of carbonyl (C=O) groups excluding carboxylic acids is 3. The van der Waals surface area contributed by atoms with Gasteiger partial charge >= 0.3 is 11.8 Å². The van der Waals surface area contributed by atoms with Crippen LogP contribution < -0.4 is 16.8 Å². The molecule has 2 aromatic heterocycles. The van der Waals surface area contributed by atoms with Crippen molar-refractivity contribution in [3.05, 3.63) is 38.9 Å². The molecule has 0 atom stereocenters. The fourth-order valence-corrected chi connectivity index (χ4v) is 5.33. The minimum Gasteiger partial charge on any atom is -0.364 e. The molecule has 0 bridgehead atoms. The average molecular weight is 560 g/mol. The molecule has 36 heavy (non-hydrogen) atoms. The van der Waals surface area contributed by atoms with E-state index in [0.717, 1.165) is 51.1 Å². The number of piperidine rings is 1. The molecule has 2 aliphatic heterocycles. The van der Waals surface area contributed by atoms with Gasteiger partial charge in [0.05, 0.1) is 17.0 Å². The number of likely N-dealkylation sites (N-methyl/N-ethyl adjacent to an activating group) is 1. The molecule has 0 unspecified atom stereocenters. The number of primary amides is 2. The first kappa shape index (κ1) is 29.6. The maximum Gasteiger partial charge on any atom is 0.314 e. The Balaban J connectivity index is 0.000000192. The van der Waals surface area contributed by atoms with Crippen molar-refractivity contribution in [2.75, 3.05) is 38.3 Å². The quantitative estimate of drug-likeness (QED) is 0.462. The molecular formula is C21H30ClN7O5S2. The largest absolute Gasteiger partial charge is 0.364 e. The van der Waals surface area contributed by atoms with Gasteiger partial charge in [0.1, 0.15) is 5.82 Å². The Labute approximate surface area is 219 Å². The van der Waals surface area contributed by atoms with Crippen LogP contribution >= 0.6 is 22.9 Å². The smallest absolute Gasteiger partial charge is 0.314 e. The number of thiazole rings is 1. The molecule has 0 aromatic carbocycles. The summed E-state index contributed by atoms with van der Waals surface area (Å²) in [7, 11) is -0.830. The van der Waals surface area contributed by atoms with Gasteiger partial charge in [-0.15, -0.1) is 11.3 Å². The molecule has 3 amide bonds. The highest BCUT2D eigenvalue weighted by Gasteiger charge is 2.20. The fraction of sp³-hybridized carbons (Fsp3) is 0.476. The van der Waals surface area contributed by atoms with Crippen molar-refractivity contribution in [1.29, 1.82) is 0 Å². The Morgan fingerprint density at radius 2 is 1.78 bits per heavy atom. The summed E-state index contributed by atoms with van der Waals surface area (Å²) in [6.45, 7) is 3.34. The Morgan fingerprint density at radius 3 is 2.28 bits per heavy atom. The number of nitrogens with one attached hydrogen (secondary N) is 1. The number of sulfonamides is 1. The summed E-state index contributed by atoms with van der Waals surface area (Å²) in [6.07, 6.45) is 6.76. The van der Waals surface area contributed by atoms with E-state index in [1.54, 1.807) is 4.31 Å². The van der Waals surface area contributed by atoms with E-state index in [1.807, 2.05) is 0 Å². The predicted octanol–water partition coefficient (Wildman–Crippen LogP) is 0.821. The van der Waals surface area contributed by atoms with Gasteiger partial charge in [-0.1, -0.05) is 18.0 Å². The normalized spacial score (nSPS) is 15.9. The van der Waals surface area contributed by atoms with Crippen LogP contribution in [0, 0.1) is 0 Å². The fourth-order valence-electron chi connectivity index (χ4n) is 3.25. The van der Waals surface area contributed by atoms with E-state index in [2.05, 4.69) is 27.2 Å². The number of carbonyl (C=O) groups is 3. The van der Waals surface area contributed by atoms with Gasteiger partial charge in [0.2, 0.25) is 10.0 Å². The van der Waals surface area contributed by atoms with Crippen molar-refractivity contribution >= 4 is 56.5 Å². The number of pyridine rings is 1. The standard InChI is InChI=1S/C8H11N3OS.C7H6ClN3O2.C6H13NO2S/c1-11-3-2-5-6(4-11)13-8(10-5)7(9)12;8-4-1-2-5(10-3-4)11-7(13)6(9)12;1-10(8,9)7-5-3-2-4-6-7/h2-4H2,1H3,(H2,9,12);1-3H,(H2,9,12)(H,10,11,13);2-6H2,1H3. The van der Waals surface area contributed by atoms with E-state index in [-0.39, 0.29) is 5.82 Å². The zero-order chi connectivity index (χ0) is 26.9. The Kier molecular flexibility index (Phi) is 11.2. The van der Waals surface area contributed by atoms with Crippen LogP contribution in [0.3, 0.4) is 0 Å². The number of halogens is 1. The Bertz CT molecular complexity index is 1170. The summed E-state index contributed by atoms with van der Waals surface area (Å²) in [4.78, 5) is 43.2. The van der Waals surface area contributed by atoms with Crippen molar-refractivity contribution in [2.24, 2.45) is 11.5 Å². The molecule has 4 heterocycles. The molecule has 0 saturated carbocycles. The van der Waals surface area contributed by atoms with Gasteiger partial charge in [-0.3, -0.25) is 14.4 Å². The summed E-state index contributed by atoms with van der Waals surface area (Å²) in [5.74, 6) is -2.15. The zero-order valence-corrected chi connectivity index (χ0v) is 22.5. The maximum atomic E-state index is 10.9. The van der Waals surface area contributed by atoms with Crippen LogP contribution in [-0.4, -0.2) is 78.3 Å². The van der Waals surface area contributed by atoms with Crippen LogP contribution in [0.1, 0.15) is 39.6 Å². The average Bonchev–Trinajstić information content (AvgIpc) is 3.25. The number of anilines is 1. The van der Waals surface area contributed by atoms with Crippen LogP contribution in [0.2, 0.25) is 5.02 Å². The number of nitrogens with two attached hydrogens (primary N) is 2. The maximum absolute atomic E-state index is 10.9. The zero-order valence-electron chi connectivity index (χ0n) is 20.1. The lowest BCUT2D eigenvalue weighted by Gasteiger charge is -2.23. The summed E-state index contributed by atoms with van der Waals surface area (Å²) in [5, 5.41) is 3.07. The third kappa shape index (κ3) is 9.78. The van der Waals surface area contributed by atoms with Crippen LogP contribution in [0.5, 0.6) is 0 Å². The summed E-state index contributed by atoms with van der Waals surface area (Å²) in [6, 6.07) is 2.99. The van der Waals surface area contributed by atoms with Crippen molar-refractivity contribution in [3.8, 4) is 0 Å². The molecule has 1 saturated heterocycles. The van der Waals surface area contributed by atoms with Crippen molar-refractivity contribution < 1.29 is 22.8 Å². The minimum atomic E-state index is -2.89. The number of amides is 3. The SMILES string of the molecule is CN1CCc2nc(C(N)=O)sc2C1.CS(=O)(=O)N1CCCCC1.NC(=O)C(=O)Nc1ccc(Cl)cn1. The number of fused-ring (bicyclic) bond motifs is 1. The highest BCUT2D eigenvalue weighted by atomic mass is 35.5. The van der Waals surface area contributed by atoms with Crippen LogP contribution in [0.25, 0.3) is 0 Å². The molecule has 2 aromatic rings. The van der Waals surface area contributed by atoms with Gasteiger partial charge in [-0.2, -0.15) is 0 Å². The van der Waals surface area contributed by atoms with Crippen LogP contribution in [0.15, 0.2) is 18.3 Å². The topological polar surface area (TPSA) is 182 Å². The van der Waals surface area contributed by atoms with Gasteiger partial charge in [-0.05, 0) is 32.0 Å².